The Bertz CT molecular complexity index is 526. The van der Waals surface area contributed by atoms with E-state index in [2.05, 4.69) is 0 Å². The lowest BCUT2D eigenvalue weighted by Gasteiger charge is -2.18. The van der Waals surface area contributed by atoms with Gasteiger partial charge in [0.1, 0.15) is 5.76 Å². The molecule has 0 radical (unpaired) electrons. The Morgan fingerprint density at radius 1 is 1.16 bits per heavy atom. The SMILES string of the molecule is CCOP(=O)(OCC)OC1=C(C)Cc2ccccc21. The summed E-state index contributed by atoms with van der Waals surface area (Å²) in [4.78, 5) is 0. The maximum Gasteiger partial charge on any atom is 0.530 e. The third kappa shape index (κ3) is 3.08. The molecule has 0 saturated heterocycles. The van der Waals surface area contributed by atoms with E-state index in [1.165, 1.54) is 5.56 Å². The number of allylic oxidation sites excluding steroid dienone is 1. The van der Waals surface area contributed by atoms with Crippen LogP contribution in [-0.4, -0.2) is 13.2 Å². The molecular weight excluding hydrogens is 263 g/mol. The maximum absolute atomic E-state index is 12.4. The fourth-order valence-electron chi connectivity index (χ4n) is 2.14. The zero-order valence-corrected chi connectivity index (χ0v) is 12.4. The molecule has 0 heterocycles. The molecule has 0 N–H and O–H groups in total. The zero-order valence-electron chi connectivity index (χ0n) is 11.5. The van der Waals surface area contributed by atoms with Crippen molar-refractivity contribution in [1.29, 1.82) is 0 Å². The summed E-state index contributed by atoms with van der Waals surface area (Å²) < 4.78 is 28.4. The van der Waals surface area contributed by atoms with Crippen LogP contribution in [0, 0.1) is 0 Å². The highest BCUT2D eigenvalue weighted by molar-refractivity contribution is 7.48. The molecule has 0 aromatic heterocycles. The topological polar surface area (TPSA) is 44.8 Å². The third-order valence-electron chi connectivity index (χ3n) is 2.88. The summed E-state index contributed by atoms with van der Waals surface area (Å²) in [5.41, 5.74) is 3.19. The van der Waals surface area contributed by atoms with Crippen molar-refractivity contribution in [3.8, 4) is 0 Å². The summed E-state index contributed by atoms with van der Waals surface area (Å²) >= 11 is 0. The number of phosphoric acid groups is 1. The first kappa shape index (κ1) is 14.3. The molecule has 0 unspecified atom stereocenters. The van der Waals surface area contributed by atoms with Crippen LogP contribution < -0.4 is 0 Å². The fraction of sp³-hybridized carbons (Fsp3) is 0.429. The van der Waals surface area contributed by atoms with E-state index in [-0.39, 0.29) is 13.2 Å². The van der Waals surface area contributed by atoms with Crippen LogP contribution in [0.25, 0.3) is 5.76 Å². The maximum atomic E-state index is 12.4. The lowest BCUT2D eigenvalue weighted by atomic mass is 10.1. The average Bonchev–Trinajstić information content (AvgIpc) is 2.67. The summed E-state index contributed by atoms with van der Waals surface area (Å²) in [7, 11) is -3.52. The molecule has 0 bridgehead atoms. The van der Waals surface area contributed by atoms with E-state index >= 15 is 0 Å². The van der Waals surface area contributed by atoms with Gasteiger partial charge >= 0.3 is 7.82 Å². The molecule has 19 heavy (non-hydrogen) atoms. The summed E-state index contributed by atoms with van der Waals surface area (Å²) in [5.74, 6) is 0.626. The summed E-state index contributed by atoms with van der Waals surface area (Å²) in [6.07, 6.45) is 0.809. The molecule has 5 heteroatoms. The molecule has 0 aliphatic heterocycles. The lowest BCUT2D eigenvalue weighted by molar-refractivity contribution is 0.159. The van der Waals surface area contributed by atoms with Gasteiger partial charge in [-0.25, -0.2) is 4.57 Å². The van der Waals surface area contributed by atoms with Gasteiger partial charge in [0.2, 0.25) is 0 Å². The van der Waals surface area contributed by atoms with Gasteiger partial charge in [0.15, 0.2) is 0 Å². The molecule has 1 aromatic carbocycles. The first-order valence-corrected chi connectivity index (χ1v) is 7.92. The van der Waals surface area contributed by atoms with Gasteiger partial charge in [-0.3, -0.25) is 9.05 Å². The number of hydrogen-bond donors (Lipinski definition) is 0. The van der Waals surface area contributed by atoms with Gasteiger partial charge in [0.05, 0.1) is 13.2 Å². The second-order valence-corrected chi connectivity index (χ2v) is 5.91. The molecule has 2 rings (SSSR count). The van der Waals surface area contributed by atoms with Crippen molar-refractivity contribution >= 4 is 13.6 Å². The van der Waals surface area contributed by atoms with Crippen molar-refractivity contribution in [2.75, 3.05) is 13.2 Å². The van der Waals surface area contributed by atoms with Crippen molar-refractivity contribution in [2.45, 2.75) is 27.2 Å². The van der Waals surface area contributed by atoms with Gasteiger partial charge in [-0.05, 0) is 38.3 Å². The van der Waals surface area contributed by atoms with E-state index < -0.39 is 7.82 Å². The predicted octanol–water partition coefficient (Wildman–Crippen LogP) is 4.17. The highest BCUT2D eigenvalue weighted by Crippen LogP contribution is 2.54. The Labute approximate surface area is 114 Å². The van der Waals surface area contributed by atoms with Crippen molar-refractivity contribution < 1.29 is 18.1 Å². The number of hydrogen-bond acceptors (Lipinski definition) is 4. The smallest absolute Gasteiger partial charge is 0.403 e. The quantitative estimate of drug-likeness (QED) is 0.734. The third-order valence-corrected chi connectivity index (χ3v) is 4.44. The Hall–Kier alpha value is -1.09. The first-order valence-electron chi connectivity index (χ1n) is 6.46. The standard InChI is InChI=1S/C14H19O4P/c1-4-16-19(15,17-5-2)18-14-11(3)10-12-8-6-7-9-13(12)14/h6-9H,4-5,10H2,1-3H3. The predicted molar refractivity (Wildman–Crippen MR) is 74.7 cm³/mol. The Balaban J connectivity index is 2.27. The molecule has 4 nitrogen and oxygen atoms in total. The van der Waals surface area contributed by atoms with E-state index in [1.54, 1.807) is 13.8 Å². The molecule has 0 amide bonds. The van der Waals surface area contributed by atoms with Crippen molar-refractivity contribution in [3.05, 3.63) is 41.0 Å². The molecule has 0 spiro atoms. The van der Waals surface area contributed by atoms with Crippen LogP contribution in [0.1, 0.15) is 31.9 Å². The van der Waals surface area contributed by atoms with E-state index in [0.29, 0.717) is 5.76 Å². The van der Waals surface area contributed by atoms with Gasteiger partial charge in [0, 0.05) is 5.56 Å². The van der Waals surface area contributed by atoms with Crippen LogP contribution in [-0.2, 0) is 24.6 Å². The van der Waals surface area contributed by atoms with Crippen molar-refractivity contribution in [1.82, 2.24) is 0 Å². The highest BCUT2D eigenvalue weighted by atomic mass is 31.2. The normalized spacial score (nSPS) is 14.7. The molecule has 1 aliphatic rings. The Morgan fingerprint density at radius 3 is 2.42 bits per heavy atom. The molecule has 1 aromatic rings. The van der Waals surface area contributed by atoms with Crippen LogP contribution in [0.5, 0.6) is 0 Å². The molecule has 1 aliphatic carbocycles. The van der Waals surface area contributed by atoms with Gasteiger partial charge in [0.25, 0.3) is 0 Å². The minimum atomic E-state index is -3.52. The van der Waals surface area contributed by atoms with Crippen LogP contribution in [0.2, 0.25) is 0 Å². The molecule has 0 fully saturated rings. The molecule has 0 atom stereocenters. The summed E-state index contributed by atoms with van der Waals surface area (Å²) in [6.45, 7) is 6.06. The van der Waals surface area contributed by atoms with Crippen LogP contribution in [0.15, 0.2) is 29.8 Å². The van der Waals surface area contributed by atoms with Gasteiger partial charge < -0.3 is 4.52 Å². The first-order chi connectivity index (χ1) is 9.09. The largest absolute Gasteiger partial charge is 0.530 e. The number of fused-ring (bicyclic) bond motifs is 1. The molecular formula is C14H19O4P. The van der Waals surface area contributed by atoms with Crippen LogP contribution in [0.4, 0.5) is 0 Å². The average molecular weight is 282 g/mol. The number of phosphoric ester groups is 1. The van der Waals surface area contributed by atoms with Gasteiger partial charge in [-0.15, -0.1) is 0 Å². The zero-order chi connectivity index (χ0) is 13.9. The summed E-state index contributed by atoms with van der Waals surface area (Å²) in [5, 5.41) is 0. The second-order valence-electron chi connectivity index (χ2n) is 4.32. The number of rotatable bonds is 6. The van der Waals surface area contributed by atoms with E-state index in [4.69, 9.17) is 13.6 Å². The van der Waals surface area contributed by atoms with E-state index in [9.17, 15) is 4.57 Å². The summed E-state index contributed by atoms with van der Waals surface area (Å²) in [6, 6.07) is 7.93. The van der Waals surface area contributed by atoms with Gasteiger partial charge in [-0.1, -0.05) is 24.3 Å². The minimum Gasteiger partial charge on any atom is -0.403 e. The van der Waals surface area contributed by atoms with E-state index in [0.717, 1.165) is 17.6 Å². The number of benzene rings is 1. The minimum absolute atomic E-state index is 0.283. The van der Waals surface area contributed by atoms with E-state index in [1.807, 2.05) is 31.2 Å². The van der Waals surface area contributed by atoms with Gasteiger partial charge in [-0.2, -0.15) is 0 Å². The second kappa shape index (κ2) is 5.91. The van der Waals surface area contributed by atoms with Crippen LogP contribution >= 0.6 is 7.82 Å². The Kier molecular flexibility index (Phi) is 4.46. The Morgan fingerprint density at radius 2 is 1.79 bits per heavy atom. The van der Waals surface area contributed by atoms with Crippen molar-refractivity contribution in [3.63, 3.8) is 0 Å². The molecule has 0 saturated carbocycles. The molecule has 104 valence electrons. The lowest BCUT2D eigenvalue weighted by Crippen LogP contribution is -2.00. The fourth-order valence-corrected chi connectivity index (χ4v) is 3.43. The van der Waals surface area contributed by atoms with Crippen molar-refractivity contribution in [2.24, 2.45) is 0 Å². The highest BCUT2D eigenvalue weighted by Gasteiger charge is 2.32. The van der Waals surface area contributed by atoms with Crippen LogP contribution in [0.3, 0.4) is 0 Å². The monoisotopic (exact) mass is 282 g/mol.